The Bertz CT molecular complexity index is 547. The highest BCUT2D eigenvalue weighted by molar-refractivity contribution is 9.10. The Hall–Kier alpha value is -1.67. The van der Waals surface area contributed by atoms with Crippen LogP contribution in [0.5, 0.6) is 5.75 Å². The molecule has 8 heteroatoms. The van der Waals surface area contributed by atoms with Gasteiger partial charge in [-0.15, -0.1) is 0 Å². The molecule has 116 valence electrons. The average molecular weight is 361 g/mol. The highest BCUT2D eigenvalue weighted by Crippen LogP contribution is 2.31. The number of ether oxygens (including phenoxy) is 2. The molecule has 1 aromatic rings. The predicted octanol–water partition coefficient (Wildman–Crippen LogP) is 2.41. The number of nitrogens with two attached hydrogens (primary N) is 1. The lowest BCUT2D eigenvalue weighted by Crippen LogP contribution is -2.48. The first-order chi connectivity index (χ1) is 9.67. The van der Waals surface area contributed by atoms with Crippen molar-refractivity contribution in [1.82, 2.24) is 0 Å². The van der Waals surface area contributed by atoms with E-state index in [1.165, 1.54) is 25.3 Å². The molecule has 2 unspecified atom stereocenters. The first kappa shape index (κ1) is 17.4. The summed E-state index contributed by atoms with van der Waals surface area (Å²) < 4.78 is 10.8. The van der Waals surface area contributed by atoms with Crippen molar-refractivity contribution >= 4 is 27.6 Å². The largest absolute Gasteiger partial charge is 0.489 e. The quantitative estimate of drug-likeness (QED) is 0.474. The van der Waals surface area contributed by atoms with Crippen molar-refractivity contribution in [2.45, 2.75) is 31.9 Å². The van der Waals surface area contributed by atoms with E-state index in [0.29, 0.717) is 10.2 Å². The van der Waals surface area contributed by atoms with Gasteiger partial charge in [-0.2, -0.15) is 0 Å². The number of nitrogens with zero attached hydrogens (tertiary/aromatic N) is 1. The summed E-state index contributed by atoms with van der Waals surface area (Å²) in [6, 6.07) is 4.21. The number of nitro groups is 1. The Balaban J connectivity index is 2.84. The zero-order valence-corrected chi connectivity index (χ0v) is 13.5. The van der Waals surface area contributed by atoms with Crippen LogP contribution in [0.25, 0.3) is 0 Å². The summed E-state index contributed by atoms with van der Waals surface area (Å²) in [5.41, 5.74) is 4.59. The third-order valence-electron chi connectivity index (χ3n) is 2.82. The van der Waals surface area contributed by atoms with Gasteiger partial charge in [0.15, 0.2) is 0 Å². The second-order valence-electron chi connectivity index (χ2n) is 4.91. The first-order valence-corrected chi connectivity index (χ1v) is 6.94. The number of hydrogen-bond donors (Lipinski definition) is 1. The number of carbonyl (C=O) groups is 1. The third kappa shape index (κ3) is 4.68. The zero-order valence-electron chi connectivity index (χ0n) is 12.0. The topological polar surface area (TPSA) is 105 Å². The zero-order chi connectivity index (χ0) is 16.2. The van der Waals surface area contributed by atoms with Crippen LogP contribution < -0.4 is 10.5 Å². The number of rotatable bonds is 6. The maximum absolute atomic E-state index is 11.5. The van der Waals surface area contributed by atoms with E-state index in [4.69, 9.17) is 10.5 Å². The lowest BCUT2D eigenvalue weighted by Gasteiger charge is -2.25. The van der Waals surface area contributed by atoms with Crippen LogP contribution in [-0.2, 0) is 9.53 Å². The van der Waals surface area contributed by atoms with Crippen molar-refractivity contribution < 1.29 is 19.2 Å². The number of halogens is 1. The fraction of sp³-hybridized carbons (Fsp3) is 0.462. The van der Waals surface area contributed by atoms with E-state index < -0.39 is 22.5 Å². The molecule has 0 radical (unpaired) electrons. The van der Waals surface area contributed by atoms with Crippen LogP contribution in [0.15, 0.2) is 22.7 Å². The molecule has 1 aromatic carbocycles. The summed E-state index contributed by atoms with van der Waals surface area (Å²) in [5.74, 6) is -0.228. The Labute approximate surface area is 130 Å². The highest BCUT2D eigenvalue weighted by atomic mass is 79.9. The van der Waals surface area contributed by atoms with Gasteiger partial charge in [0.05, 0.1) is 28.7 Å². The fourth-order valence-corrected chi connectivity index (χ4v) is 2.21. The van der Waals surface area contributed by atoms with Gasteiger partial charge in [0.2, 0.25) is 0 Å². The SMILES string of the molecule is COC(=O)C(C)(N)CC(C)Oc1cc([N+](=O)[O-])ccc1Br. The van der Waals surface area contributed by atoms with Crippen molar-refractivity contribution in [2.24, 2.45) is 5.73 Å². The van der Waals surface area contributed by atoms with Gasteiger partial charge < -0.3 is 15.2 Å². The molecular weight excluding hydrogens is 344 g/mol. The number of esters is 1. The standard InChI is InChI=1S/C13H17BrN2O5/c1-8(7-13(2,15)12(17)20-3)21-11-6-9(16(18)19)4-5-10(11)14/h4-6,8H,7,15H2,1-3H3. The number of hydrogen-bond acceptors (Lipinski definition) is 6. The fourth-order valence-electron chi connectivity index (χ4n) is 1.87. The number of methoxy groups -OCH3 is 1. The van der Waals surface area contributed by atoms with Gasteiger partial charge in [-0.25, -0.2) is 0 Å². The Morgan fingerprint density at radius 3 is 2.71 bits per heavy atom. The van der Waals surface area contributed by atoms with Gasteiger partial charge in [-0.05, 0) is 35.8 Å². The minimum atomic E-state index is -1.19. The molecule has 1 rings (SSSR count). The molecule has 0 bridgehead atoms. The third-order valence-corrected chi connectivity index (χ3v) is 3.47. The van der Waals surface area contributed by atoms with Crippen molar-refractivity contribution in [2.75, 3.05) is 7.11 Å². The minimum Gasteiger partial charge on any atom is -0.489 e. The van der Waals surface area contributed by atoms with Gasteiger partial charge in [-0.1, -0.05) is 0 Å². The summed E-state index contributed by atoms with van der Waals surface area (Å²) in [6.07, 6.45) is -0.230. The molecule has 2 N–H and O–H groups in total. The van der Waals surface area contributed by atoms with E-state index >= 15 is 0 Å². The molecule has 0 aliphatic heterocycles. The van der Waals surface area contributed by atoms with Crippen LogP contribution in [0.4, 0.5) is 5.69 Å². The van der Waals surface area contributed by atoms with Crippen molar-refractivity contribution in [3.63, 3.8) is 0 Å². The van der Waals surface area contributed by atoms with E-state index in [1.54, 1.807) is 13.8 Å². The highest BCUT2D eigenvalue weighted by Gasteiger charge is 2.32. The van der Waals surface area contributed by atoms with Crippen molar-refractivity contribution in [3.05, 3.63) is 32.8 Å². The Kier molecular flexibility index (Phi) is 5.68. The minimum absolute atomic E-state index is 0.0797. The summed E-state index contributed by atoms with van der Waals surface area (Å²) in [5, 5.41) is 10.8. The van der Waals surface area contributed by atoms with Crippen LogP contribution in [0.3, 0.4) is 0 Å². The Morgan fingerprint density at radius 1 is 1.57 bits per heavy atom. The lowest BCUT2D eigenvalue weighted by atomic mass is 9.96. The van der Waals surface area contributed by atoms with E-state index in [1.807, 2.05) is 0 Å². The molecule has 0 heterocycles. The number of non-ortho nitro benzene ring substituents is 1. The molecular formula is C13H17BrN2O5. The van der Waals surface area contributed by atoms with Crippen LogP contribution in [-0.4, -0.2) is 29.6 Å². The molecule has 0 saturated carbocycles. The molecule has 0 aliphatic rings. The van der Waals surface area contributed by atoms with Gasteiger partial charge in [0.25, 0.3) is 5.69 Å². The monoisotopic (exact) mass is 360 g/mol. The van der Waals surface area contributed by atoms with Crippen LogP contribution in [0, 0.1) is 10.1 Å². The van der Waals surface area contributed by atoms with Crippen molar-refractivity contribution in [3.8, 4) is 5.75 Å². The van der Waals surface area contributed by atoms with E-state index in [9.17, 15) is 14.9 Å². The van der Waals surface area contributed by atoms with Gasteiger partial charge in [0.1, 0.15) is 11.3 Å². The number of nitro benzene ring substituents is 1. The average Bonchev–Trinajstić information content (AvgIpc) is 2.39. The van der Waals surface area contributed by atoms with Gasteiger partial charge in [-0.3, -0.25) is 14.9 Å². The lowest BCUT2D eigenvalue weighted by molar-refractivity contribution is -0.385. The molecule has 0 saturated heterocycles. The molecule has 0 spiro atoms. The molecule has 0 fully saturated rings. The van der Waals surface area contributed by atoms with E-state index in [2.05, 4.69) is 20.7 Å². The summed E-state index contributed by atoms with van der Waals surface area (Å²) in [7, 11) is 1.26. The smallest absolute Gasteiger partial charge is 0.325 e. The van der Waals surface area contributed by atoms with Crippen LogP contribution in [0.1, 0.15) is 20.3 Å². The van der Waals surface area contributed by atoms with E-state index in [-0.39, 0.29) is 12.1 Å². The van der Waals surface area contributed by atoms with Gasteiger partial charge in [0, 0.05) is 12.5 Å². The maximum Gasteiger partial charge on any atom is 0.325 e. The Morgan fingerprint density at radius 2 is 2.19 bits per heavy atom. The molecule has 0 aromatic heterocycles. The summed E-state index contributed by atoms with van der Waals surface area (Å²) in [6.45, 7) is 3.26. The van der Waals surface area contributed by atoms with E-state index in [0.717, 1.165) is 0 Å². The molecule has 7 nitrogen and oxygen atoms in total. The van der Waals surface area contributed by atoms with Crippen molar-refractivity contribution in [1.29, 1.82) is 0 Å². The van der Waals surface area contributed by atoms with Crippen LogP contribution >= 0.6 is 15.9 Å². The molecule has 0 amide bonds. The molecule has 0 aliphatic carbocycles. The maximum atomic E-state index is 11.5. The molecule has 21 heavy (non-hydrogen) atoms. The summed E-state index contributed by atoms with van der Waals surface area (Å²) in [4.78, 5) is 21.8. The predicted molar refractivity (Wildman–Crippen MR) is 80.1 cm³/mol. The number of benzene rings is 1. The second-order valence-corrected chi connectivity index (χ2v) is 5.77. The second kappa shape index (κ2) is 6.86. The summed E-state index contributed by atoms with van der Waals surface area (Å²) >= 11 is 3.26. The number of carbonyl (C=O) groups excluding carboxylic acids is 1. The van der Waals surface area contributed by atoms with Gasteiger partial charge >= 0.3 is 5.97 Å². The first-order valence-electron chi connectivity index (χ1n) is 6.15. The van der Waals surface area contributed by atoms with Crippen LogP contribution in [0.2, 0.25) is 0 Å². The normalized spacial score (nSPS) is 14.9. The molecule has 2 atom stereocenters.